The molecule has 0 atom stereocenters. The number of rotatable bonds is 4. The Labute approximate surface area is 101 Å². The van der Waals surface area contributed by atoms with Crippen LogP contribution in [0.15, 0.2) is 34.9 Å². The lowest BCUT2D eigenvalue weighted by Gasteiger charge is -2.00. The molecule has 1 aliphatic rings. The first-order chi connectivity index (χ1) is 8.31. The van der Waals surface area contributed by atoms with Gasteiger partial charge in [0.25, 0.3) is 0 Å². The Morgan fingerprint density at radius 2 is 2.24 bits per heavy atom. The summed E-state index contributed by atoms with van der Waals surface area (Å²) in [5, 5.41) is 3.44. The van der Waals surface area contributed by atoms with Gasteiger partial charge in [-0.15, -0.1) is 0 Å². The molecule has 3 heteroatoms. The summed E-state index contributed by atoms with van der Waals surface area (Å²) in [6, 6.07) is 8.80. The normalized spacial score (nSPS) is 15.1. The highest BCUT2D eigenvalue weighted by molar-refractivity contribution is 5.57. The van der Waals surface area contributed by atoms with E-state index in [0.717, 1.165) is 29.3 Å². The number of aryl methyl sites for hydroxylation is 1. The lowest BCUT2D eigenvalue weighted by atomic mass is 10.2. The standard InChI is InChI=1S/C14H16N2O/c1-10-8-11(6-7-15-10)14-5-4-13(17-14)9-16-12-2-3-12/h4-8,12,16H,2-3,9H2,1H3. The molecule has 0 aliphatic heterocycles. The van der Waals surface area contributed by atoms with Crippen molar-refractivity contribution < 1.29 is 4.42 Å². The summed E-state index contributed by atoms with van der Waals surface area (Å²) < 4.78 is 5.81. The van der Waals surface area contributed by atoms with Crippen LogP contribution in [0.1, 0.15) is 24.3 Å². The molecule has 0 amide bonds. The van der Waals surface area contributed by atoms with Crippen molar-refractivity contribution in [2.45, 2.75) is 32.4 Å². The van der Waals surface area contributed by atoms with Gasteiger partial charge in [0, 0.05) is 23.5 Å². The van der Waals surface area contributed by atoms with Crippen molar-refractivity contribution in [2.75, 3.05) is 0 Å². The van der Waals surface area contributed by atoms with Crippen molar-refractivity contribution in [3.05, 3.63) is 41.9 Å². The molecule has 0 spiro atoms. The fraction of sp³-hybridized carbons (Fsp3) is 0.357. The Hall–Kier alpha value is -1.61. The molecule has 1 aliphatic carbocycles. The number of furan rings is 1. The molecule has 3 rings (SSSR count). The predicted octanol–water partition coefficient (Wildman–Crippen LogP) is 2.90. The highest BCUT2D eigenvalue weighted by atomic mass is 16.3. The monoisotopic (exact) mass is 228 g/mol. The third kappa shape index (κ3) is 2.56. The molecule has 88 valence electrons. The summed E-state index contributed by atoms with van der Waals surface area (Å²) in [5.41, 5.74) is 2.10. The molecular formula is C14H16N2O. The molecule has 1 fully saturated rings. The predicted molar refractivity (Wildman–Crippen MR) is 66.5 cm³/mol. The Morgan fingerprint density at radius 3 is 3.00 bits per heavy atom. The number of hydrogen-bond donors (Lipinski definition) is 1. The molecular weight excluding hydrogens is 212 g/mol. The summed E-state index contributed by atoms with van der Waals surface area (Å²) in [4.78, 5) is 4.19. The van der Waals surface area contributed by atoms with Gasteiger partial charge in [0.15, 0.2) is 0 Å². The largest absolute Gasteiger partial charge is 0.460 e. The highest BCUT2D eigenvalue weighted by Gasteiger charge is 2.20. The molecule has 1 saturated carbocycles. The fourth-order valence-corrected chi connectivity index (χ4v) is 1.86. The molecule has 0 saturated heterocycles. The Kier molecular flexibility index (Phi) is 2.69. The van der Waals surface area contributed by atoms with Crippen LogP contribution < -0.4 is 5.32 Å². The second-order valence-electron chi connectivity index (χ2n) is 4.61. The second kappa shape index (κ2) is 4.34. The Balaban J connectivity index is 1.74. The van der Waals surface area contributed by atoms with Crippen LogP contribution in [-0.2, 0) is 6.54 Å². The summed E-state index contributed by atoms with van der Waals surface area (Å²) in [6.45, 7) is 2.82. The summed E-state index contributed by atoms with van der Waals surface area (Å²) in [5.74, 6) is 1.92. The van der Waals surface area contributed by atoms with Gasteiger partial charge < -0.3 is 9.73 Å². The molecule has 0 radical (unpaired) electrons. The molecule has 2 heterocycles. The number of nitrogens with one attached hydrogen (secondary N) is 1. The van der Waals surface area contributed by atoms with Gasteiger partial charge in [-0.1, -0.05) is 0 Å². The van der Waals surface area contributed by atoms with Gasteiger partial charge in [-0.3, -0.25) is 4.98 Å². The van der Waals surface area contributed by atoms with E-state index in [2.05, 4.69) is 10.3 Å². The van der Waals surface area contributed by atoms with E-state index in [1.807, 2.05) is 37.4 Å². The number of pyridine rings is 1. The number of nitrogens with zero attached hydrogens (tertiary/aromatic N) is 1. The molecule has 17 heavy (non-hydrogen) atoms. The highest BCUT2D eigenvalue weighted by Crippen LogP contribution is 2.23. The van der Waals surface area contributed by atoms with Crippen molar-refractivity contribution in [3.8, 4) is 11.3 Å². The minimum absolute atomic E-state index is 0.715. The van der Waals surface area contributed by atoms with Crippen LogP contribution in [-0.4, -0.2) is 11.0 Å². The zero-order valence-electron chi connectivity index (χ0n) is 9.94. The minimum atomic E-state index is 0.715. The van der Waals surface area contributed by atoms with Gasteiger partial charge in [-0.25, -0.2) is 0 Å². The lowest BCUT2D eigenvalue weighted by molar-refractivity contribution is 0.492. The zero-order valence-corrected chi connectivity index (χ0v) is 9.94. The molecule has 2 aromatic heterocycles. The third-order valence-corrected chi connectivity index (χ3v) is 2.99. The van der Waals surface area contributed by atoms with Crippen molar-refractivity contribution in [1.82, 2.24) is 10.3 Å². The van der Waals surface area contributed by atoms with E-state index in [1.54, 1.807) is 0 Å². The molecule has 0 bridgehead atoms. The molecule has 2 aromatic rings. The smallest absolute Gasteiger partial charge is 0.134 e. The van der Waals surface area contributed by atoms with Gasteiger partial charge in [-0.2, -0.15) is 0 Å². The molecule has 0 unspecified atom stereocenters. The van der Waals surface area contributed by atoms with Crippen LogP contribution in [0.5, 0.6) is 0 Å². The van der Waals surface area contributed by atoms with Crippen LogP contribution in [0.25, 0.3) is 11.3 Å². The van der Waals surface area contributed by atoms with Crippen molar-refractivity contribution in [1.29, 1.82) is 0 Å². The first kappa shape index (κ1) is 10.5. The maximum atomic E-state index is 5.81. The number of aromatic nitrogens is 1. The third-order valence-electron chi connectivity index (χ3n) is 2.99. The maximum absolute atomic E-state index is 5.81. The first-order valence-electron chi connectivity index (χ1n) is 6.06. The first-order valence-corrected chi connectivity index (χ1v) is 6.06. The summed E-state index contributed by atoms with van der Waals surface area (Å²) in [6.07, 6.45) is 4.42. The van der Waals surface area contributed by atoms with Crippen LogP contribution in [0.2, 0.25) is 0 Å². The topological polar surface area (TPSA) is 38.1 Å². The quantitative estimate of drug-likeness (QED) is 0.874. The number of hydrogen-bond acceptors (Lipinski definition) is 3. The average Bonchev–Trinajstić information content (AvgIpc) is 3.04. The average molecular weight is 228 g/mol. The van der Waals surface area contributed by atoms with Gasteiger partial charge in [0.1, 0.15) is 11.5 Å². The van der Waals surface area contributed by atoms with E-state index >= 15 is 0 Å². The summed E-state index contributed by atoms with van der Waals surface area (Å²) >= 11 is 0. The molecule has 1 N–H and O–H groups in total. The van der Waals surface area contributed by atoms with Gasteiger partial charge in [0.2, 0.25) is 0 Å². The fourth-order valence-electron chi connectivity index (χ4n) is 1.86. The van der Waals surface area contributed by atoms with Crippen molar-refractivity contribution in [3.63, 3.8) is 0 Å². The van der Waals surface area contributed by atoms with Gasteiger partial charge in [-0.05, 0) is 44.0 Å². The molecule has 0 aromatic carbocycles. The Bertz CT molecular complexity index is 514. The van der Waals surface area contributed by atoms with Crippen LogP contribution in [0.3, 0.4) is 0 Å². The SMILES string of the molecule is Cc1cc(-c2ccc(CNC3CC3)o2)ccn1. The van der Waals surface area contributed by atoms with Gasteiger partial charge >= 0.3 is 0 Å². The van der Waals surface area contributed by atoms with E-state index in [1.165, 1.54) is 12.8 Å². The lowest BCUT2D eigenvalue weighted by Crippen LogP contribution is -2.14. The van der Waals surface area contributed by atoms with Crippen LogP contribution >= 0.6 is 0 Å². The van der Waals surface area contributed by atoms with E-state index in [4.69, 9.17) is 4.42 Å². The Morgan fingerprint density at radius 1 is 1.35 bits per heavy atom. The van der Waals surface area contributed by atoms with E-state index in [0.29, 0.717) is 6.04 Å². The molecule has 3 nitrogen and oxygen atoms in total. The maximum Gasteiger partial charge on any atom is 0.134 e. The van der Waals surface area contributed by atoms with Crippen molar-refractivity contribution >= 4 is 0 Å². The van der Waals surface area contributed by atoms with Crippen LogP contribution in [0.4, 0.5) is 0 Å². The summed E-state index contributed by atoms with van der Waals surface area (Å²) in [7, 11) is 0. The van der Waals surface area contributed by atoms with Crippen molar-refractivity contribution in [2.24, 2.45) is 0 Å². The van der Waals surface area contributed by atoms with Gasteiger partial charge in [0.05, 0.1) is 6.54 Å². The van der Waals surface area contributed by atoms with E-state index in [9.17, 15) is 0 Å². The van der Waals surface area contributed by atoms with Crippen LogP contribution in [0, 0.1) is 6.92 Å². The minimum Gasteiger partial charge on any atom is -0.460 e. The van der Waals surface area contributed by atoms with E-state index in [-0.39, 0.29) is 0 Å². The van der Waals surface area contributed by atoms with E-state index < -0.39 is 0 Å². The second-order valence-corrected chi connectivity index (χ2v) is 4.61. The zero-order chi connectivity index (χ0) is 11.7.